The van der Waals surface area contributed by atoms with Crippen LogP contribution in [-0.2, 0) is 6.54 Å². The van der Waals surface area contributed by atoms with Gasteiger partial charge in [-0.15, -0.1) is 0 Å². The van der Waals surface area contributed by atoms with Crippen LogP contribution >= 0.6 is 11.8 Å². The van der Waals surface area contributed by atoms with E-state index in [0.717, 1.165) is 22.6 Å². The van der Waals surface area contributed by atoms with Crippen molar-refractivity contribution in [2.45, 2.75) is 30.8 Å². The van der Waals surface area contributed by atoms with Crippen molar-refractivity contribution in [1.82, 2.24) is 4.98 Å². The van der Waals surface area contributed by atoms with Crippen molar-refractivity contribution < 1.29 is 13.2 Å². The van der Waals surface area contributed by atoms with Gasteiger partial charge in [-0.1, -0.05) is 12.1 Å². The third kappa shape index (κ3) is 4.97. The number of hydrogen-bond acceptors (Lipinski definition) is 3. The molecule has 2 rings (SSSR count). The topological polar surface area (TPSA) is 24.9 Å². The second-order valence-corrected chi connectivity index (χ2v) is 5.77. The molecule has 0 amide bonds. The summed E-state index contributed by atoms with van der Waals surface area (Å²) in [4.78, 5) is 4.54. The van der Waals surface area contributed by atoms with Gasteiger partial charge in [0, 0.05) is 17.1 Å². The van der Waals surface area contributed by atoms with Crippen molar-refractivity contribution in [1.29, 1.82) is 0 Å². The second kappa shape index (κ2) is 6.39. The number of hydrogen-bond donors (Lipinski definition) is 1. The van der Waals surface area contributed by atoms with Crippen molar-refractivity contribution >= 4 is 17.4 Å². The number of anilines is 1. The van der Waals surface area contributed by atoms with Gasteiger partial charge in [0.05, 0.1) is 11.4 Å². The first-order valence-electron chi connectivity index (χ1n) is 6.36. The molecule has 0 spiro atoms. The Kier molecular flexibility index (Phi) is 4.77. The lowest BCUT2D eigenvalue weighted by molar-refractivity contribution is -0.0328. The first-order valence-corrected chi connectivity index (χ1v) is 7.18. The quantitative estimate of drug-likeness (QED) is 0.811. The monoisotopic (exact) mass is 312 g/mol. The third-order valence-corrected chi connectivity index (χ3v) is 3.60. The number of rotatable bonds is 4. The summed E-state index contributed by atoms with van der Waals surface area (Å²) in [5.41, 5.74) is -0.550. The average molecular weight is 312 g/mol. The maximum Gasteiger partial charge on any atom is 0.446 e. The van der Waals surface area contributed by atoms with Crippen LogP contribution in [0.3, 0.4) is 0 Å². The molecule has 0 radical (unpaired) electrons. The fourth-order valence-electron chi connectivity index (χ4n) is 1.88. The number of alkyl halides is 3. The average Bonchev–Trinajstić information content (AvgIpc) is 2.38. The molecule has 0 bridgehead atoms. The summed E-state index contributed by atoms with van der Waals surface area (Å²) in [6.45, 7) is 4.38. The molecule has 1 aromatic heterocycles. The Morgan fingerprint density at radius 3 is 2.29 bits per heavy atom. The van der Waals surface area contributed by atoms with Gasteiger partial charge in [0.2, 0.25) is 0 Å². The van der Waals surface area contributed by atoms with Gasteiger partial charge < -0.3 is 5.32 Å². The van der Waals surface area contributed by atoms with Gasteiger partial charge in [-0.25, -0.2) is 0 Å². The second-order valence-electron chi connectivity index (χ2n) is 4.63. The zero-order valence-corrected chi connectivity index (χ0v) is 12.5. The minimum Gasteiger partial charge on any atom is -0.380 e. The summed E-state index contributed by atoms with van der Waals surface area (Å²) >= 11 is -0.102. The van der Waals surface area contributed by atoms with Gasteiger partial charge in [-0.2, -0.15) is 13.2 Å². The fraction of sp³-hybridized carbons (Fsp3) is 0.267. The van der Waals surface area contributed by atoms with Gasteiger partial charge in [-0.3, -0.25) is 4.98 Å². The first kappa shape index (κ1) is 15.7. The molecule has 0 fully saturated rings. The summed E-state index contributed by atoms with van der Waals surface area (Å²) in [7, 11) is 0. The molecule has 6 heteroatoms. The molecular formula is C15H15F3N2S. The molecular weight excluding hydrogens is 297 g/mol. The van der Waals surface area contributed by atoms with Crippen LogP contribution in [0.5, 0.6) is 0 Å². The molecule has 1 heterocycles. The lowest BCUT2D eigenvalue weighted by Crippen LogP contribution is -2.03. The van der Waals surface area contributed by atoms with E-state index in [9.17, 15) is 13.2 Å². The predicted molar refractivity (Wildman–Crippen MR) is 79.4 cm³/mol. The lowest BCUT2D eigenvalue weighted by atomic mass is 10.2. The minimum atomic E-state index is -4.25. The number of benzene rings is 1. The summed E-state index contributed by atoms with van der Waals surface area (Å²) in [5.74, 6) is 0. The molecule has 0 aliphatic carbocycles. The van der Waals surface area contributed by atoms with E-state index in [-0.39, 0.29) is 16.7 Å². The van der Waals surface area contributed by atoms with Crippen molar-refractivity contribution in [3.05, 3.63) is 53.3 Å². The van der Waals surface area contributed by atoms with Crippen molar-refractivity contribution in [2.24, 2.45) is 0 Å². The lowest BCUT2D eigenvalue weighted by Gasteiger charge is -2.10. The van der Waals surface area contributed by atoms with E-state index in [1.165, 1.54) is 12.1 Å². The molecule has 0 unspecified atom stereocenters. The molecule has 1 aromatic carbocycles. The fourth-order valence-corrected chi connectivity index (χ4v) is 2.42. The molecule has 0 aliphatic heterocycles. The molecule has 0 aliphatic rings. The number of nitrogens with zero attached hydrogens (tertiary/aromatic N) is 1. The Morgan fingerprint density at radius 1 is 1.05 bits per heavy atom. The standard InChI is InChI=1S/C15H15F3N2S/c1-10-3-8-14(11(2)20-10)19-9-12-4-6-13(7-5-12)21-15(16,17)18/h3-8,19H,9H2,1-2H3. The Hall–Kier alpha value is -1.69. The SMILES string of the molecule is Cc1ccc(NCc2ccc(SC(F)(F)F)cc2)c(C)n1. The zero-order chi connectivity index (χ0) is 15.5. The molecule has 0 atom stereocenters. The van der Waals surface area contributed by atoms with E-state index in [4.69, 9.17) is 0 Å². The number of thioether (sulfide) groups is 1. The third-order valence-electron chi connectivity index (χ3n) is 2.86. The van der Waals surface area contributed by atoms with Crippen molar-refractivity contribution in [2.75, 3.05) is 5.32 Å². The van der Waals surface area contributed by atoms with E-state index in [1.807, 2.05) is 26.0 Å². The maximum absolute atomic E-state index is 12.2. The zero-order valence-electron chi connectivity index (χ0n) is 11.7. The van der Waals surface area contributed by atoms with Gasteiger partial charge in [0.15, 0.2) is 0 Å². The highest BCUT2D eigenvalue weighted by atomic mass is 32.2. The van der Waals surface area contributed by atoms with Crippen LogP contribution in [0.2, 0.25) is 0 Å². The minimum absolute atomic E-state index is 0.102. The van der Waals surface area contributed by atoms with Gasteiger partial charge in [-0.05, 0) is 55.4 Å². The van der Waals surface area contributed by atoms with E-state index < -0.39 is 5.51 Å². The number of pyridine rings is 1. The van der Waals surface area contributed by atoms with Crippen LogP contribution in [0.25, 0.3) is 0 Å². The maximum atomic E-state index is 12.2. The Morgan fingerprint density at radius 2 is 1.71 bits per heavy atom. The summed E-state index contributed by atoms with van der Waals surface area (Å²) in [5, 5.41) is 3.23. The molecule has 0 saturated heterocycles. The van der Waals surface area contributed by atoms with Crippen LogP contribution in [0.1, 0.15) is 17.0 Å². The number of aryl methyl sites for hydroxylation is 2. The first-order chi connectivity index (χ1) is 9.83. The van der Waals surface area contributed by atoms with Gasteiger partial charge in [0.1, 0.15) is 0 Å². The largest absolute Gasteiger partial charge is 0.446 e. The van der Waals surface area contributed by atoms with E-state index >= 15 is 0 Å². The molecule has 21 heavy (non-hydrogen) atoms. The molecule has 2 nitrogen and oxygen atoms in total. The van der Waals surface area contributed by atoms with E-state index in [2.05, 4.69) is 10.3 Å². The van der Waals surface area contributed by atoms with Crippen LogP contribution in [0.4, 0.5) is 18.9 Å². The highest BCUT2D eigenvalue weighted by molar-refractivity contribution is 8.00. The number of aromatic nitrogens is 1. The smallest absolute Gasteiger partial charge is 0.380 e. The highest BCUT2D eigenvalue weighted by Gasteiger charge is 2.28. The Labute approximate surface area is 125 Å². The van der Waals surface area contributed by atoms with Crippen LogP contribution in [-0.4, -0.2) is 10.5 Å². The van der Waals surface area contributed by atoms with Crippen LogP contribution in [0.15, 0.2) is 41.3 Å². The van der Waals surface area contributed by atoms with E-state index in [1.54, 1.807) is 12.1 Å². The molecule has 112 valence electrons. The summed E-state index contributed by atoms with van der Waals surface area (Å²) in [6, 6.07) is 10.2. The van der Waals surface area contributed by atoms with Crippen molar-refractivity contribution in [3.63, 3.8) is 0 Å². The van der Waals surface area contributed by atoms with Gasteiger partial charge in [0.25, 0.3) is 0 Å². The molecule has 1 N–H and O–H groups in total. The van der Waals surface area contributed by atoms with Gasteiger partial charge >= 0.3 is 5.51 Å². The summed E-state index contributed by atoms with van der Waals surface area (Å²) in [6.07, 6.45) is 0. The van der Waals surface area contributed by atoms with Crippen LogP contribution < -0.4 is 5.32 Å². The number of halogens is 3. The number of nitrogens with one attached hydrogen (secondary N) is 1. The predicted octanol–water partition coefficient (Wildman–Crippen LogP) is 4.92. The summed E-state index contributed by atoms with van der Waals surface area (Å²) < 4.78 is 36.7. The molecule has 0 saturated carbocycles. The Bertz CT molecular complexity index is 609. The van der Waals surface area contributed by atoms with Crippen molar-refractivity contribution in [3.8, 4) is 0 Å². The Balaban J connectivity index is 1.97. The van der Waals surface area contributed by atoms with Crippen LogP contribution in [0, 0.1) is 13.8 Å². The normalized spacial score (nSPS) is 11.5. The highest BCUT2D eigenvalue weighted by Crippen LogP contribution is 2.36. The molecule has 2 aromatic rings. The van der Waals surface area contributed by atoms with E-state index in [0.29, 0.717) is 6.54 Å².